The summed E-state index contributed by atoms with van der Waals surface area (Å²) in [7, 11) is 0. The molecule has 0 aromatic carbocycles. The molecule has 116 valence electrons. The second-order valence-corrected chi connectivity index (χ2v) is 5.76. The molecule has 0 unspecified atom stereocenters. The number of nitrogens with one attached hydrogen (secondary N) is 3. The van der Waals surface area contributed by atoms with Gasteiger partial charge in [-0.2, -0.15) is 0 Å². The molecule has 0 aliphatic heterocycles. The predicted octanol–water partition coefficient (Wildman–Crippen LogP) is 1.55. The first-order valence-corrected chi connectivity index (χ1v) is 7.11. The highest BCUT2D eigenvalue weighted by atomic mass is 16.2. The van der Waals surface area contributed by atoms with E-state index < -0.39 is 0 Å². The van der Waals surface area contributed by atoms with Crippen molar-refractivity contribution in [3.05, 3.63) is 24.0 Å². The van der Waals surface area contributed by atoms with E-state index in [2.05, 4.69) is 20.9 Å². The van der Waals surface area contributed by atoms with Gasteiger partial charge >= 0.3 is 0 Å². The molecule has 0 fully saturated rings. The largest absolute Gasteiger partial charge is 0.384 e. The van der Waals surface area contributed by atoms with Gasteiger partial charge < -0.3 is 16.0 Å². The average Bonchev–Trinajstić information content (AvgIpc) is 2.37. The van der Waals surface area contributed by atoms with E-state index in [0.717, 1.165) is 5.69 Å². The zero-order valence-corrected chi connectivity index (χ0v) is 13.1. The zero-order valence-electron chi connectivity index (χ0n) is 13.1. The SMILES string of the molecule is CCNC(=O)c1cc(NCCC(=O)NC(C)(C)C)ccn1. The molecule has 0 aliphatic rings. The van der Waals surface area contributed by atoms with Crippen molar-refractivity contribution in [2.45, 2.75) is 39.7 Å². The van der Waals surface area contributed by atoms with E-state index in [9.17, 15) is 9.59 Å². The molecule has 3 N–H and O–H groups in total. The quantitative estimate of drug-likeness (QED) is 0.743. The molecule has 21 heavy (non-hydrogen) atoms. The van der Waals surface area contributed by atoms with Gasteiger partial charge in [-0.1, -0.05) is 0 Å². The lowest BCUT2D eigenvalue weighted by atomic mass is 10.1. The van der Waals surface area contributed by atoms with E-state index in [1.165, 1.54) is 0 Å². The summed E-state index contributed by atoms with van der Waals surface area (Å²) in [5.41, 5.74) is 0.912. The summed E-state index contributed by atoms with van der Waals surface area (Å²) >= 11 is 0. The normalized spacial score (nSPS) is 10.9. The molecule has 6 heteroatoms. The molecule has 0 aliphatic carbocycles. The van der Waals surface area contributed by atoms with Crippen LogP contribution >= 0.6 is 0 Å². The van der Waals surface area contributed by atoms with Crippen LogP contribution in [0.4, 0.5) is 5.69 Å². The Morgan fingerprint density at radius 1 is 1.29 bits per heavy atom. The fourth-order valence-corrected chi connectivity index (χ4v) is 1.72. The summed E-state index contributed by atoms with van der Waals surface area (Å²) in [6, 6.07) is 3.44. The summed E-state index contributed by atoms with van der Waals surface area (Å²) in [6.07, 6.45) is 1.94. The lowest BCUT2D eigenvalue weighted by molar-refractivity contribution is -0.122. The Kier molecular flexibility index (Phi) is 6.14. The number of pyridine rings is 1. The van der Waals surface area contributed by atoms with Gasteiger partial charge in [-0.05, 0) is 39.8 Å². The lowest BCUT2D eigenvalue weighted by Crippen LogP contribution is -2.41. The molecule has 6 nitrogen and oxygen atoms in total. The summed E-state index contributed by atoms with van der Waals surface area (Å²) in [5.74, 6) is -0.209. The maximum Gasteiger partial charge on any atom is 0.269 e. The highest BCUT2D eigenvalue weighted by molar-refractivity contribution is 5.93. The Morgan fingerprint density at radius 3 is 2.62 bits per heavy atom. The summed E-state index contributed by atoms with van der Waals surface area (Å²) in [4.78, 5) is 27.4. The van der Waals surface area contributed by atoms with E-state index in [4.69, 9.17) is 0 Å². The van der Waals surface area contributed by atoms with Crippen molar-refractivity contribution in [3.8, 4) is 0 Å². The van der Waals surface area contributed by atoms with Crippen LogP contribution < -0.4 is 16.0 Å². The Balaban J connectivity index is 2.47. The molecule has 1 rings (SSSR count). The average molecular weight is 292 g/mol. The molecule has 0 atom stereocenters. The summed E-state index contributed by atoms with van der Waals surface area (Å²) in [5, 5.41) is 8.71. The molecule has 1 heterocycles. The van der Waals surface area contributed by atoms with Gasteiger partial charge in [-0.25, -0.2) is 0 Å². The highest BCUT2D eigenvalue weighted by Crippen LogP contribution is 2.08. The van der Waals surface area contributed by atoms with E-state index in [1.807, 2.05) is 27.7 Å². The molecule has 2 amide bonds. The third-order valence-electron chi connectivity index (χ3n) is 2.53. The van der Waals surface area contributed by atoms with Crippen molar-refractivity contribution >= 4 is 17.5 Å². The van der Waals surface area contributed by atoms with Crippen LogP contribution in [0.15, 0.2) is 18.3 Å². The van der Waals surface area contributed by atoms with Crippen molar-refractivity contribution in [2.75, 3.05) is 18.4 Å². The van der Waals surface area contributed by atoms with Crippen LogP contribution in [0.2, 0.25) is 0 Å². The highest BCUT2D eigenvalue weighted by Gasteiger charge is 2.13. The first kappa shape index (κ1) is 16.9. The standard InChI is InChI=1S/C15H24N4O2/c1-5-16-14(21)12-10-11(6-8-18-12)17-9-7-13(20)19-15(2,3)4/h6,8,10H,5,7,9H2,1-4H3,(H,16,21)(H,17,18)(H,19,20). The molecule has 0 saturated heterocycles. The second kappa shape index (κ2) is 7.61. The summed E-state index contributed by atoms with van der Waals surface area (Å²) in [6.45, 7) is 8.75. The molecule has 0 radical (unpaired) electrons. The Bertz CT molecular complexity index is 495. The molecular weight excluding hydrogens is 268 g/mol. The van der Waals surface area contributed by atoms with Crippen molar-refractivity contribution in [1.29, 1.82) is 0 Å². The van der Waals surface area contributed by atoms with Gasteiger partial charge in [0.1, 0.15) is 5.69 Å². The Hall–Kier alpha value is -2.11. The minimum absolute atomic E-state index is 0.00648. The number of carbonyl (C=O) groups excluding carboxylic acids is 2. The molecular formula is C15H24N4O2. The number of nitrogens with zero attached hydrogens (tertiary/aromatic N) is 1. The maximum absolute atomic E-state index is 11.7. The molecule has 1 aromatic heterocycles. The summed E-state index contributed by atoms with van der Waals surface area (Å²) < 4.78 is 0. The van der Waals surface area contributed by atoms with E-state index in [0.29, 0.717) is 25.2 Å². The van der Waals surface area contributed by atoms with Crippen molar-refractivity contribution in [1.82, 2.24) is 15.6 Å². The van der Waals surface area contributed by atoms with E-state index in [-0.39, 0.29) is 17.4 Å². The topological polar surface area (TPSA) is 83.1 Å². The van der Waals surface area contributed by atoms with Crippen LogP contribution in [-0.2, 0) is 4.79 Å². The van der Waals surface area contributed by atoms with Gasteiger partial charge in [0.25, 0.3) is 5.91 Å². The van der Waals surface area contributed by atoms with Crippen LogP contribution in [-0.4, -0.2) is 35.4 Å². The third-order valence-corrected chi connectivity index (χ3v) is 2.53. The first-order chi connectivity index (χ1) is 9.81. The molecule has 0 spiro atoms. The predicted molar refractivity (Wildman–Crippen MR) is 83.2 cm³/mol. The Morgan fingerprint density at radius 2 is 2.00 bits per heavy atom. The third kappa shape index (κ3) is 6.74. The minimum atomic E-state index is -0.223. The maximum atomic E-state index is 11.7. The Labute approximate surface area is 125 Å². The smallest absolute Gasteiger partial charge is 0.269 e. The van der Waals surface area contributed by atoms with Crippen LogP contribution in [0, 0.1) is 0 Å². The number of anilines is 1. The van der Waals surface area contributed by atoms with Gasteiger partial charge in [0.15, 0.2) is 0 Å². The fourth-order valence-electron chi connectivity index (χ4n) is 1.72. The monoisotopic (exact) mass is 292 g/mol. The lowest BCUT2D eigenvalue weighted by Gasteiger charge is -2.20. The van der Waals surface area contributed by atoms with E-state index in [1.54, 1.807) is 18.3 Å². The van der Waals surface area contributed by atoms with E-state index >= 15 is 0 Å². The van der Waals surface area contributed by atoms with Crippen LogP contribution in [0.25, 0.3) is 0 Å². The molecule has 0 bridgehead atoms. The van der Waals surface area contributed by atoms with Crippen molar-refractivity contribution < 1.29 is 9.59 Å². The zero-order chi connectivity index (χ0) is 15.9. The van der Waals surface area contributed by atoms with Gasteiger partial charge in [-0.3, -0.25) is 14.6 Å². The van der Waals surface area contributed by atoms with Gasteiger partial charge in [0.2, 0.25) is 5.91 Å². The number of carbonyl (C=O) groups is 2. The van der Waals surface area contributed by atoms with Crippen LogP contribution in [0.5, 0.6) is 0 Å². The first-order valence-electron chi connectivity index (χ1n) is 7.11. The minimum Gasteiger partial charge on any atom is -0.384 e. The number of hydrogen-bond acceptors (Lipinski definition) is 4. The van der Waals surface area contributed by atoms with Crippen LogP contribution in [0.3, 0.4) is 0 Å². The molecule has 0 saturated carbocycles. The molecule has 1 aromatic rings. The fraction of sp³-hybridized carbons (Fsp3) is 0.533. The van der Waals surface area contributed by atoms with Crippen LogP contribution in [0.1, 0.15) is 44.6 Å². The van der Waals surface area contributed by atoms with Gasteiger partial charge in [0, 0.05) is 36.9 Å². The second-order valence-electron chi connectivity index (χ2n) is 5.76. The number of aromatic nitrogens is 1. The number of rotatable bonds is 6. The van der Waals surface area contributed by atoms with Gasteiger partial charge in [0.05, 0.1) is 0 Å². The van der Waals surface area contributed by atoms with Crippen molar-refractivity contribution in [2.24, 2.45) is 0 Å². The van der Waals surface area contributed by atoms with Crippen molar-refractivity contribution in [3.63, 3.8) is 0 Å². The number of amides is 2. The van der Waals surface area contributed by atoms with Gasteiger partial charge in [-0.15, -0.1) is 0 Å². The number of hydrogen-bond donors (Lipinski definition) is 3.